The normalized spacial score (nSPS) is 24.4. The van der Waals surface area contributed by atoms with Gasteiger partial charge in [-0.05, 0) is 6.92 Å². The molecule has 0 bridgehead atoms. The van der Waals surface area contributed by atoms with E-state index in [1.807, 2.05) is 6.07 Å². The van der Waals surface area contributed by atoms with Crippen LogP contribution in [-0.4, -0.2) is 63.8 Å². The second kappa shape index (κ2) is 5.69. The molecular formula is C11H17N3O4. The first kappa shape index (κ1) is 14.3. The fraction of sp³-hybridized carbons (Fsp3) is 0.727. The summed E-state index contributed by atoms with van der Waals surface area (Å²) in [6.45, 7) is 1.73. The van der Waals surface area contributed by atoms with Crippen LogP contribution < -0.4 is 0 Å². The van der Waals surface area contributed by atoms with E-state index in [4.69, 9.17) is 10.4 Å². The first-order chi connectivity index (χ1) is 8.38. The lowest BCUT2D eigenvalue weighted by molar-refractivity contribution is -0.141. The molecule has 2 amide bonds. The molecular weight excluding hydrogens is 238 g/mol. The maximum absolute atomic E-state index is 12.1. The Balaban J connectivity index is 2.76. The van der Waals surface area contributed by atoms with Crippen molar-refractivity contribution in [2.24, 2.45) is 0 Å². The Hall–Kier alpha value is -1.81. The van der Waals surface area contributed by atoms with Crippen molar-refractivity contribution in [1.29, 1.82) is 5.26 Å². The summed E-state index contributed by atoms with van der Waals surface area (Å²) in [5, 5.41) is 27.0. The van der Waals surface area contributed by atoms with Gasteiger partial charge in [0.25, 0.3) is 0 Å². The van der Waals surface area contributed by atoms with E-state index in [9.17, 15) is 14.7 Å². The van der Waals surface area contributed by atoms with Crippen LogP contribution in [0.25, 0.3) is 0 Å². The number of hydrogen-bond donors (Lipinski definition) is 2. The number of hydrogen-bond acceptors (Lipinski definition) is 4. The second-order valence-electron chi connectivity index (χ2n) is 4.50. The van der Waals surface area contributed by atoms with Crippen molar-refractivity contribution in [3.8, 4) is 6.07 Å². The highest BCUT2D eigenvalue weighted by molar-refractivity contribution is 5.83. The van der Waals surface area contributed by atoms with E-state index in [2.05, 4.69) is 0 Å². The molecule has 1 fully saturated rings. The van der Waals surface area contributed by atoms with Crippen molar-refractivity contribution in [2.45, 2.75) is 38.0 Å². The zero-order valence-corrected chi connectivity index (χ0v) is 10.4. The van der Waals surface area contributed by atoms with Crippen molar-refractivity contribution in [3.05, 3.63) is 0 Å². The first-order valence-electron chi connectivity index (χ1n) is 5.69. The number of amides is 2. The molecule has 3 atom stereocenters. The number of β-amino-alcohol motifs (C(OH)–C–C–N with tert-alkyl or cyclic N) is 1. The zero-order chi connectivity index (χ0) is 13.9. The maximum atomic E-state index is 12.1. The summed E-state index contributed by atoms with van der Waals surface area (Å²) in [6.07, 6.45) is -0.590. The van der Waals surface area contributed by atoms with E-state index >= 15 is 0 Å². The molecule has 1 unspecified atom stereocenters. The van der Waals surface area contributed by atoms with E-state index in [0.29, 0.717) is 0 Å². The topological polar surface area (TPSA) is 105 Å². The summed E-state index contributed by atoms with van der Waals surface area (Å²) in [7, 11) is 1.52. The third-order valence-electron chi connectivity index (χ3n) is 3.16. The molecule has 0 aromatic carbocycles. The number of nitriles is 1. The lowest BCUT2D eigenvalue weighted by Crippen LogP contribution is -2.49. The van der Waals surface area contributed by atoms with Gasteiger partial charge in [0.2, 0.25) is 0 Å². The first-order valence-corrected chi connectivity index (χ1v) is 5.69. The number of carboxylic acids is 1. The number of aliphatic hydroxyl groups is 1. The number of urea groups is 1. The number of rotatable bonds is 3. The van der Waals surface area contributed by atoms with E-state index in [0.717, 1.165) is 4.90 Å². The van der Waals surface area contributed by atoms with Crippen LogP contribution in [0.15, 0.2) is 0 Å². The Labute approximate surface area is 105 Å². The summed E-state index contributed by atoms with van der Waals surface area (Å²) in [4.78, 5) is 25.6. The van der Waals surface area contributed by atoms with Gasteiger partial charge >= 0.3 is 12.0 Å². The van der Waals surface area contributed by atoms with Crippen LogP contribution in [0.1, 0.15) is 19.8 Å². The van der Waals surface area contributed by atoms with Crippen molar-refractivity contribution in [2.75, 3.05) is 13.6 Å². The van der Waals surface area contributed by atoms with Crippen LogP contribution >= 0.6 is 0 Å². The molecule has 1 aliphatic heterocycles. The minimum atomic E-state index is -1.12. The minimum Gasteiger partial charge on any atom is -0.480 e. The fourth-order valence-corrected chi connectivity index (χ4v) is 1.92. The van der Waals surface area contributed by atoms with Crippen molar-refractivity contribution >= 4 is 12.0 Å². The predicted molar refractivity (Wildman–Crippen MR) is 61.6 cm³/mol. The van der Waals surface area contributed by atoms with Crippen LogP contribution in [0, 0.1) is 11.3 Å². The van der Waals surface area contributed by atoms with E-state index < -0.39 is 24.1 Å². The number of carbonyl (C=O) groups excluding carboxylic acids is 1. The van der Waals surface area contributed by atoms with Gasteiger partial charge in [0.05, 0.1) is 18.6 Å². The molecule has 2 N–H and O–H groups in total. The molecule has 1 rings (SSSR count). The third-order valence-corrected chi connectivity index (χ3v) is 3.16. The average molecular weight is 255 g/mol. The number of carboxylic acid groups (broad SMARTS) is 1. The minimum absolute atomic E-state index is 0.0133. The largest absolute Gasteiger partial charge is 0.480 e. The van der Waals surface area contributed by atoms with E-state index in [1.165, 1.54) is 11.9 Å². The lowest BCUT2D eigenvalue weighted by Gasteiger charge is -2.30. The van der Waals surface area contributed by atoms with E-state index in [1.54, 1.807) is 6.92 Å². The number of aliphatic carboxylic acids is 1. The molecule has 0 radical (unpaired) electrons. The second-order valence-corrected chi connectivity index (χ2v) is 4.50. The van der Waals surface area contributed by atoms with Gasteiger partial charge in [-0.2, -0.15) is 5.26 Å². The molecule has 1 saturated heterocycles. The Morgan fingerprint density at radius 3 is 2.72 bits per heavy atom. The highest BCUT2D eigenvalue weighted by atomic mass is 16.4. The summed E-state index contributed by atoms with van der Waals surface area (Å²) < 4.78 is 0. The molecule has 7 heteroatoms. The van der Waals surface area contributed by atoms with Crippen molar-refractivity contribution in [3.63, 3.8) is 0 Å². The Kier molecular flexibility index (Phi) is 4.50. The van der Waals surface area contributed by atoms with Crippen LogP contribution in [0.5, 0.6) is 0 Å². The quantitative estimate of drug-likeness (QED) is 0.730. The van der Waals surface area contributed by atoms with Gasteiger partial charge in [0.1, 0.15) is 6.04 Å². The van der Waals surface area contributed by atoms with Crippen molar-refractivity contribution < 1.29 is 19.8 Å². The standard InChI is InChI=1S/C11H17N3O4/c1-7(3-4-12)13(2)11(18)14-6-8(15)5-9(14)10(16)17/h7-9,15H,3,5-6H2,1-2H3,(H,16,17)/t7?,8-,9-/m0/s1. The monoisotopic (exact) mass is 255 g/mol. The molecule has 100 valence electrons. The highest BCUT2D eigenvalue weighted by Gasteiger charge is 2.40. The van der Waals surface area contributed by atoms with Gasteiger partial charge in [-0.15, -0.1) is 0 Å². The van der Waals surface area contributed by atoms with Crippen LogP contribution in [0.2, 0.25) is 0 Å². The SMILES string of the molecule is CC(CC#N)N(C)C(=O)N1C[C@@H](O)C[C@H]1C(=O)O. The number of likely N-dealkylation sites (tertiary alicyclic amines) is 1. The maximum Gasteiger partial charge on any atom is 0.326 e. The molecule has 1 aliphatic rings. The molecule has 1 heterocycles. The van der Waals surface area contributed by atoms with Gasteiger partial charge in [-0.25, -0.2) is 9.59 Å². The summed E-state index contributed by atoms with van der Waals surface area (Å²) >= 11 is 0. The summed E-state index contributed by atoms with van der Waals surface area (Å²) in [5.41, 5.74) is 0. The van der Waals surface area contributed by atoms with E-state index in [-0.39, 0.29) is 25.4 Å². The van der Waals surface area contributed by atoms with Crippen LogP contribution in [0.3, 0.4) is 0 Å². The molecule has 0 saturated carbocycles. The molecule has 18 heavy (non-hydrogen) atoms. The Bertz CT molecular complexity index is 379. The van der Waals surface area contributed by atoms with Gasteiger partial charge in [0.15, 0.2) is 0 Å². The zero-order valence-electron chi connectivity index (χ0n) is 10.4. The van der Waals surface area contributed by atoms with Gasteiger partial charge < -0.3 is 20.0 Å². The molecule has 0 aromatic heterocycles. The van der Waals surface area contributed by atoms with Crippen molar-refractivity contribution in [1.82, 2.24) is 9.80 Å². The fourth-order valence-electron chi connectivity index (χ4n) is 1.92. The molecule has 0 aromatic rings. The Morgan fingerprint density at radius 2 is 2.22 bits per heavy atom. The molecule has 7 nitrogen and oxygen atoms in total. The molecule has 0 aliphatic carbocycles. The number of nitrogens with zero attached hydrogens (tertiary/aromatic N) is 3. The number of carbonyl (C=O) groups is 2. The Morgan fingerprint density at radius 1 is 1.61 bits per heavy atom. The average Bonchev–Trinajstić information content (AvgIpc) is 2.69. The predicted octanol–water partition coefficient (Wildman–Crippen LogP) is -0.140. The van der Waals surface area contributed by atoms with Gasteiger partial charge in [-0.3, -0.25) is 0 Å². The van der Waals surface area contributed by atoms with Crippen LogP contribution in [0.4, 0.5) is 4.79 Å². The lowest BCUT2D eigenvalue weighted by atomic mass is 10.2. The summed E-state index contributed by atoms with van der Waals surface area (Å²) in [5.74, 6) is -1.12. The third kappa shape index (κ3) is 2.90. The summed E-state index contributed by atoms with van der Waals surface area (Å²) in [6, 6.07) is 0.195. The van der Waals surface area contributed by atoms with Crippen LogP contribution in [-0.2, 0) is 4.79 Å². The van der Waals surface area contributed by atoms with Gasteiger partial charge in [0, 0.05) is 26.1 Å². The molecule has 0 spiro atoms. The van der Waals surface area contributed by atoms with Gasteiger partial charge in [-0.1, -0.05) is 0 Å². The smallest absolute Gasteiger partial charge is 0.326 e. The number of aliphatic hydroxyl groups excluding tert-OH is 1. The highest BCUT2D eigenvalue weighted by Crippen LogP contribution is 2.20.